The maximum absolute atomic E-state index is 12.6. The summed E-state index contributed by atoms with van der Waals surface area (Å²) in [6.07, 6.45) is 3.39. The van der Waals surface area contributed by atoms with E-state index in [4.69, 9.17) is 10.00 Å². The zero-order valence-corrected chi connectivity index (χ0v) is 15.5. The van der Waals surface area contributed by atoms with Gasteiger partial charge >= 0.3 is 0 Å². The summed E-state index contributed by atoms with van der Waals surface area (Å²) in [6.45, 7) is 2.15. The second-order valence-electron chi connectivity index (χ2n) is 6.47. The van der Waals surface area contributed by atoms with Crippen LogP contribution >= 0.6 is 0 Å². The van der Waals surface area contributed by atoms with E-state index in [-0.39, 0.29) is 18.0 Å². The quantitative estimate of drug-likeness (QED) is 0.718. The Bertz CT molecular complexity index is 1080. The van der Waals surface area contributed by atoms with Gasteiger partial charge in [0.15, 0.2) is 5.82 Å². The number of rotatable bonds is 5. The molecule has 10 nitrogen and oxygen atoms in total. The van der Waals surface area contributed by atoms with Crippen molar-refractivity contribution in [3.05, 3.63) is 35.8 Å². The molecule has 4 rings (SSSR count). The monoisotopic (exact) mass is 378 g/mol. The number of amides is 1. The highest BCUT2D eigenvalue weighted by Crippen LogP contribution is 2.30. The Morgan fingerprint density at radius 3 is 3.07 bits per heavy atom. The largest absolute Gasteiger partial charge is 0.479 e. The van der Waals surface area contributed by atoms with E-state index in [0.29, 0.717) is 23.4 Å². The number of methoxy groups -OCH3 is 1. The van der Waals surface area contributed by atoms with Crippen molar-refractivity contribution in [3.63, 3.8) is 0 Å². The zero-order valence-electron chi connectivity index (χ0n) is 15.5. The minimum atomic E-state index is -0.425. The minimum absolute atomic E-state index is 0.0214. The molecule has 0 unspecified atom stereocenters. The summed E-state index contributed by atoms with van der Waals surface area (Å²) in [5.74, 6) is 1.74. The summed E-state index contributed by atoms with van der Waals surface area (Å²) in [6, 6.07) is 7.62. The maximum atomic E-state index is 12.6. The van der Waals surface area contributed by atoms with Gasteiger partial charge in [0.05, 0.1) is 13.2 Å². The number of nitrogens with zero attached hydrogens (tertiary/aromatic N) is 7. The van der Waals surface area contributed by atoms with Gasteiger partial charge in [-0.25, -0.2) is 4.98 Å². The van der Waals surface area contributed by atoms with E-state index in [2.05, 4.69) is 37.1 Å². The summed E-state index contributed by atoms with van der Waals surface area (Å²) < 4.78 is 8.56. The first-order valence-electron chi connectivity index (χ1n) is 8.81. The van der Waals surface area contributed by atoms with Crippen molar-refractivity contribution in [2.45, 2.75) is 32.4 Å². The van der Waals surface area contributed by atoms with Gasteiger partial charge in [-0.05, 0) is 25.5 Å². The Labute approximate surface area is 160 Å². The van der Waals surface area contributed by atoms with E-state index >= 15 is 0 Å². The topological polar surface area (TPSA) is 124 Å². The number of nitrogens with one attached hydrogen (secondary N) is 1. The molecule has 0 bridgehead atoms. The van der Waals surface area contributed by atoms with Crippen LogP contribution in [0.25, 0.3) is 11.5 Å². The maximum Gasteiger partial charge on any atom is 0.263 e. The molecule has 4 heterocycles. The van der Waals surface area contributed by atoms with E-state index in [1.807, 2.05) is 12.1 Å². The first kappa shape index (κ1) is 17.7. The lowest BCUT2D eigenvalue weighted by atomic mass is 10.2. The number of aryl methyl sites for hydroxylation is 1. The van der Waals surface area contributed by atoms with Crippen LogP contribution in [0.4, 0.5) is 5.82 Å². The molecule has 0 spiro atoms. The third-order valence-electron chi connectivity index (χ3n) is 4.61. The van der Waals surface area contributed by atoms with E-state index in [1.165, 1.54) is 18.0 Å². The molecule has 0 saturated heterocycles. The molecule has 1 aliphatic rings. The van der Waals surface area contributed by atoms with Crippen LogP contribution in [0, 0.1) is 11.3 Å². The molecular weight excluding hydrogens is 360 g/mol. The van der Waals surface area contributed by atoms with Crippen LogP contribution in [-0.2, 0) is 13.0 Å². The molecule has 142 valence electrons. The fraction of sp³-hybridized carbons (Fsp3) is 0.333. The molecule has 1 amide bonds. The molecule has 3 aromatic rings. The third kappa shape index (κ3) is 3.07. The van der Waals surface area contributed by atoms with E-state index in [9.17, 15) is 4.79 Å². The second-order valence-corrected chi connectivity index (χ2v) is 6.47. The number of nitriles is 1. The van der Waals surface area contributed by atoms with Crippen LogP contribution in [0.5, 0.6) is 5.88 Å². The molecule has 1 N–H and O–H groups in total. The molecule has 0 aromatic carbocycles. The number of hydrogen-bond acceptors (Lipinski definition) is 7. The van der Waals surface area contributed by atoms with Gasteiger partial charge in [0.1, 0.15) is 29.4 Å². The lowest BCUT2D eigenvalue weighted by molar-refractivity contribution is 0.102. The summed E-state index contributed by atoms with van der Waals surface area (Å²) in [5.41, 5.74) is 0.861. The van der Waals surface area contributed by atoms with Crippen LogP contribution in [0.3, 0.4) is 0 Å². The molecule has 0 saturated carbocycles. The molecule has 28 heavy (non-hydrogen) atoms. The number of aromatic nitrogens is 6. The fourth-order valence-corrected chi connectivity index (χ4v) is 3.28. The lowest BCUT2D eigenvalue weighted by Crippen LogP contribution is -2.14. The van der Waals surface area contributed by atoms with Crippen molar-refractivity contribution in [2.75, 3.05) is 12.4 Å². The standard InChI is InChI=1S/C18H18N8O2/c1-11-6-7-15-22-23-16(26(11)15)13-4-3-5-14(20-13)21-17(27)12-10-25(9-8-19)24-18(12)28-2/h3-5,10-11H,6-7,9H2,1-2H3,(H,20,21,27)/t11-/m0/s1. The molecule has 1 aliphatic heterocycles. The van der Waals surface area contributed by atoms with Gasteiger partial charge in [-0.1, -0.05) is 6.07 Å². The first-order chi connectivity index (χ1) is 13.6. The molecule has 0 aliphatic carbocycles. The summed E-state index contributed by atoms with van der Waals surface area (Å²) >= 11 is 0. The molecular formula is C18H18N8O2. The Hall–Kier alpha value is -3.74. The van der Waals surface area contributed by atoms with Crippen molar-refractivity contribution in [1.29, 1.82) is 5.26 Å². The predicted molar refractivity (Wildman–Crippen MR) is 98.6 cm³/mol. The van der Waals surface area contributed by atoms with Crippen LogP contribution in [0.2, 0.25) is 0 Å². The van der Waals surface area contributed by atoms with Crippen LogP contribution < -0.4 is 10.1 Å². The number of carbonyl (C=O) groups is 1. The van der Waals surface area contributed by atoms with Gasteiger partial charge in [-0.3, -0.25) is 9.48 Å². The first-order valence-corrected chi connectivity index (χ1v) is 8.81. The highest BCUT2D eigenvalue weighted by molar-refractivity contribution is 6.05. The summed E-state index contributed by atoms with van der Waals surface area (Å²) in [7, 11) is 1.42. The van der Waals surface area contributed by atoms with Crippen LogP contribution in [-0.4, -0.2) is 42.5 Å². The van der Waals surface area contributed by atoms with Crippen LogP contribution in [0.1, 0.15) is 35.6 Å². The molecule has 1 atom stereocenters. The number of hydrogen-bond donors (Lipinski definition) is 1. The van der Waals surface area contributed by atoms with E-state index in [0.717, 1.165) is 18.7 Å². The molecule has 0 fully saturated rings. The average Bonchev–Trinajstić information content (AvgIpc) is 3.38. The number of carbonyl (C=O) groups excluding carboxylic acids is 1. The molecule has 3 aromatic heterocycles. The third-order valence-corrected chi connectivity index (χ3v) is 4.61. The van der Waals surface area contributed by atoms with Gasteiger partial charge in [0.2, 0.25) is 5.88 Å². The summed E-state index contributed by atoms with van der Waals surface area (Å²) in [5, 5.41) is 24.1. The highest BCUT2D eigenvalue weighted by atomic mass is 16.5. The Balaban J connectivity index is 1.60. The second kappa shape index (κ2) is 7.11. The van der Waals surface area contributed by atoms with Crippen molar-refractivity contribution in [1.82, 2.24) is 29.5 Å². The summed E-state index contributed by atoms with van der Waals surface area (Å²) in [4.78, 5) is 17.2. The number of ether oxygens (including phenoxy) is 1. The number of fused-ring (bicyclic) bond motifs is 1. The van der Waals surface area contributed by atoms with Gasteiger partial charge in [0, 0.05) is 18.7 Å². The SMILES string of the molecule is COc1nn(CC#N)cc1C(=O)Nc1cccc(-c2nnc3n2[C@@H](C)CC3)n1. The van der Waals surface area contributed by atoms with Gasteiger partial charge in [0.25, 0.3) is 5.91 Å². The predicted octanol–water partition coefficient (Wildman–Crippen LogP) is 1.83. The van der Waals surface area contributed by atoms with Crippen molar-refractivity contribution in [3.8, 4) is 23.5 Å². The molecule has 0 radical (unpaired) electrons. The van der Waals surface area contributed by atoms with Gasteiger partial charge < -0.3 is 14.6 Å². The minimum Gasteiger partial charge on any atom is -0.479 e. The molecule has 10 heteroatoms. The fourth-order valence-electron chi connectivity index (χ4n) is 3.28. The zero-order chi connectivity index (χ0) is 19.7. The van der Waals surface area contributed by atoms with Crippen molar-refractivity contribution in [2.24, 2.45) is 0 Å². The smallest absolute Gasteiger partial charge is 0.263 e. The Morgan fingerprint density at radius 2 is 2.29 bits per heavy atom. The van der Waals surface area contributed by atoms with E-state index in [1.54, 1.807) is 12.1 Å². The van der Waals surface area contributed by atoms with Crippen molar-refractivity contribution < 1.29 is 9.53 Å². The lowest BCUT2D eigenvalue weighted by Gasteiger charge is -2.10. The van der Waals surface area contributed by atoms with E-state index < -0.39 is 5.91 Å². The Kier molecular flexibility index (Phi) is 4.49. The number of anilines is 1. The Morgan fingerprint density at radius 1 is 1.43 bits per heavy atom. The van der Waals surface area contributed by atoms with Gasteiger partial charge in [-0.15, -0.1) is 15.3 Å². The van der Waals surface area contributed by atoms with Crippen LogP contribution in [0.15, 0.2) is 24.4 Å². The highest BCUT2D eigenvalue weighted by Gasteiger charge is 2.25. The van der Waals surface area contributed by atoms with Crippen molar-refractivity contribution >= 4 is 11.7 Å². The normalized spacial score (nSPS) is 15.1. The number of pyridine rings is 1. The van der Waals surface area contributed by atoms with Gasteiger partial charge in [-0.2, -0.15) is 5.26 Å². The average molecular weight is 378 g/mol.